The summed E-state index contributed by atoms with van der Waals surface area (Å²) in [4.78, 5) is 21.3. The van der Waals surface area contributed by atoms with Crippen molar-refractivity contribution in [1.82, 2.24) is 20.1 Å². The van der Waals surface area contributed by atoms with Crippen LogP contribution >= 0.6 is 0 Å². The predicted molar refractivity (Wildman–Crippen MR) is 201 cm³/mol. The summed E-state index contributed by atoms with van der Waals surface area (Å²) in [6.07, 6.45) is 3.63. The third-order valence-electron chi connectivity index (χ3n) is 10.6. The lowest BCUT2D eigenvalue weighted by Gasteiger charge is -2.31. The highest BCUT2D eigenvalue weighted by Crippen LogP contribution is 2.50. The second-order valence-corrected chi connectivity index (χ2v) is 15.1. The zero-order chi connectivity index (χ0) is 37.4. The number of hydrogen-bond acceptors (Lipinski definition) is 10. The van der Waals surface area contributed by atoms with Gasteiger partial charge in [0.2, 0.25) is 5.91 Å². The lowest BCUT2D eigenvalue weighted by atomic mass is 9.91. The van der Waals surface area contributed by atoms with Gasteiger partial charge in [-0.2, -0.15) is 0 Å². The van der Waals surface area contributed by atoms with Gasteiger partial charge in [0.1, 0.15) is 30.2 Å². The van der Waals surface area contributed by atoms with Crippen LogP contribution < -0.4 is 10.1 Å². The summed E-state index contributed by atoms with van der Waals surface area (Å²) >= 11 is 0. The molecule has 2 aliphatic rings. The molecule has 1 aromatic heterocycles. The van der Waals surface area contributed by atoms with Crippen LogP contribution in [0.2, 0.25) is 0 Å². The number of aliphatic hydroxyl groups is 5. The summed E-state index contributed by atoms with van der Waals surface area (Å²) in [7, 11) is 3.77. The third kappa shape index (κ3) is 10.4. The summed E-state index contributed by atoms with van der Waals surface area (Å²) in [6.45, 7) is 4.97. The van der Waals surface area contributed by atoms with Crippen molar-refractivity contribution >= 4 is 5.91 Å². The Morgan fingerprint density at radius 1 is 1.00 bits per heavy atom. The number of benzene rings is 2. The van der Waals surface area contributed by atoms with E-state index < -0.39 is 31.0 Å². The number of pyridine rings is 1. The first kappa shape index (κ1) is 39.8. The molecule has 3 aromatic rings. The Kier molecular flexibility index (Phi) is 13.8. The van der Waals surface area contributed by atoms with E-state index in [1.807, 2.05) is 37.5 Å². The molecule has 2 saturated carbocycles. The van der Waals surface area contributed by atoms with Crippen molar-refractivity contribution in [3.63, 3.8) is 0 Å². The van der Waals surface area contributed by atoms with Gasteiger partial charge in [-0.1, -0.05) is 43.3 Å². The fraction of sp³-hybridized carbons (Fsp3) is 0.561. The first-order valence-corrected chi connectivity index (χ1v) is 18.7. The van der Waals surface area contributed by atoms with Crippen LogP contribution in [0, 0.1) is 6.92 Å². The smallest absolute Gasteiger partial charge is 0.222 e. The molecule has 5 unspecified atom stereocenters. The summed E-state index contributed by atoms with van der Waals surface area (Å²) in [6, 6.07) is 17.0. The van der Waals surface area contributed by atoms with Gasteiger partial charge in [-0.05, 0) is 105 Å². The Balaban J connectivity index is 1.19. The van der Waals surface area contributed by atoms with E-state index in [0.29, 0.717) is 25.6 Å². The first-order chi connectivity index (χ1) is 24.9. The Morgan fingerprint density at radius 3 is 2.42 bits per heavy atom. The lowest BCUT2D eigenvalue weighted by Crippen LogP contribution is -2.51. The molecule has 2 aromatic carbocycles. The number of aliphatic hydroxyl groups excluding tert-OH is 5. The van der Waals surface area contributed by atoms with Crippen molar-refractivity contribution in [2.75, 3.05) is 40.3 Å². The minimum absolute atomic E-state index is 0.149. The van der Waals surface area contributed by atoms with Gasteiger partial charge in [-0.3, -0.25) is 9.78 Å². The Morgan fingerprint density at radius 2 is 1.73 bits per heavy atom. The van der Waals surface area contributed by atoms with Crippen molar-refractivity contribution in [3.8, 4) is 16.9 Å². The van der Waals surface area contributed by atoms with Crippen molar-refractivity contribution in [2.45, 2.75) is 107 Å². The molecule has 284 valence electrons. The fourth-order valence-electron chi connectivity index (χ4n) is 6.71. The number of aromatic nitrogens is 1. The molecule has 0 bridgehead atoms. The number of para-hydroxylation sites is 1. The van der Waals surface area contributed by atoms with Crippen LogP contribution in [-0.2, 0) is 16.9 Å². The number of carbonyl (C=O) groups excluding carboxylic acids is 1. The highest BCUT2D eigenvalue weighted by Gasteiger charge is 2.46. The summed E-state index contributed by atoms with van der Waals surface area (Å²) in [5.41, 5.74) is 7.00. The SMILES string of the molecule is Cc1ccc(C(C)CCCC(=O)N(CCN(C)C)CC(O)C(O)C(O)C(O)CO)cc1CNC1(c2cnccc2-c2ccccc2OC2CC2)CC1. The van der Waals surface area contributed by atoms with E-state index in [1.165, 1.54) is 27.2 Å². The van der Waals surface area contributed by atoms with Crippen LogP contribution in [0.3, 0.4) is 0 Å². The molecule has 2 aliphatic carbocycles. The van der Waals surface area contributed by atoms with E-state index in [9.17, 15) is 25.2 Å². The lowest BCUT2D eigenvalue weighted by molar-refractivity contribution is -0.140. The molecule has 11 heteroatoms. The molecule has 2 fully saturated rings. The second-order valence-electron chi connectivity index (χ2n) is 15.1. The topological polar surface area (TPSA) is 159 Å². The van der Waals surface area contributed by atoms with E-state index in [2.05, 4.69) is 66.6 Å². The van der Waals surface area contributed by atoms with E-state index in [0.717, 1.165) is 55.5 Å². The number of amides is 1. The van der Waals surface area contributed by atoms with Crippen LogP contribution in [-0.4, -0.2) is 117 Å². The van der Waals surface area contributed by atoms with Crippen LogP contribution in [0.15, 0.2) is 60.9 Å². The highest BCUT2D eigenvalue weighted by molar-refractivity contribution is 5.76. The molecule has 5 rings (SSSR count). The number of rotatable bonds is 21. The molecule has 5 atom stereocenters. The number of hydrogen-bond donors (Lipinski definition) is 6. The van der Waals surface area contributed by atoms with Gasteiger partial charge in [0, 0.05) is 56.1 Å². The number of nitrogens with zero attached hydrogens (tertiary/aromatic N) is 3. The van der Waals surface area contributed by atoms with Crippen molar-refractivity contribution < 1.29 is 35.1 Å². The largest absolute Gasteiger partial charge is 0.490 e. The van der Waals surface area contributed by atoms with Crippen LogP contribution in [0.5, 0.6) is 5.75 Å². The van der Waals surface area contributed by atoms with Crippen LogP contribution in [0.1, 0.15) is 80.0 Å². The Hall–Kier alpha value is -3.42. The van der Waals surface area contributed by atoms with Gasteiger partial charge in [0.05, 0.1) is 12.7 Å². The van der Waals surface area contributed by atoms with Gasteiger partial charge in [-0.25, -0.2) is 0 Å². The maximum absolute atomic E-state index is 13.3. The number of ether oxygens (including phenoxy) is 1. The van der Waals surface area contributed by atoms with Gasteiger partial charge < -0.3 is 45.4 Å². The average Bonchev–Trinajstić information content (AvgIpc) is 4.09. The average molecular weight is 719 g/mol. The van der Waals surface area contributed by atoms with E-state index >= 15 is 0 Å². The predicted octanol–water partition coefficient (Wildman–Crippen LogP) is 3.48. The minimum atomic E-state index is -1.74. The molecule has 1 amide bonds. The van der Waals surface area contributed by atoms with E-state index in [1.54, 1.807) is 0 Å². The first-order valence-electron chi connectivity index (χ1n) is 18.7. The molecule has 0 spiro atoms. The van der Waals surface area contributed by atoms with Crippen molar-refractivity contribution in [2.24, 2.45) is 0 Å². The van der Waals surface area contributed by atoms with Crippen molar-refractivity contribution in [3.05, 3.63) is 83.2 Å². The maximum atomic E-state index is 13.3. The molecule has 11 nitrogen and oxygen atoms in total. The van der Waals surface area contributed by atoms with Crippen LogP contribution in [0.4, 0.5) is 0 Å². The van der Waals surface area contributed by atoms with Gasteiger partial charge >= 0.3 is 0 Å². The summed E-state index contributed by atoms with van der Waals surface area (Å²) < 4.78 is 6.29. The van der Waals surface area contributed by atoms with E-state index in [4.69, 9.17) is 9.84 Å². The Bertz CT molecular complexity index is 1610. The third-order valence-corrected chi connectivity index (χ3v) is 10.6. The molecule has 52 heavy (non-hydrogen) atoms. The number of carbonyl (C=O) groups is 1. The van der Waals surface area contributed by atoms with Gasteiger partial charge in [0.15, 0.2) is 0 Å². The number of nitrogens with one attached hydrogen (secondary N) is 1. The zero-order valence-corrected chi connectivity index (χ0v) is 31.1. The summed E-state index contributed by atoms with van der Waals surface area (Å²) in [5, 5.41) is 53.6. The van der Waals surface area contributed by atoms with E-state index in [-0.39, 0.29) is 30.3 Å². The molecule has 1 heterocycles. The molecule has 0 radical (unpaired) electrons. The standard InChI is InChI=1S/C41H58N4O7/c1-27(8-7-11-38(49)45(21-20-44(3)4)25-35(47)39(50)40(51)36(48)26-46)29-13-12-28(2)30(22-29)23-43-41(17-18-41)34-24-42-19-16-32(34)33-9-5-6-10-37(33)52-31-14-15-31/h5-6,9-10,12-13,16,19,22,24,27,31,35-36,39-40,43,46-48,50-51H,7-8,11,14-15,17-18,20-21,23,25-26H2,1-4H3. The quantitative estimate of drug-likeness (QED) is 0.0964. The fourth-order valence-corrected chi connectivity index (χ4v) is 6.71. The van der Waals surface area contributed by atoms with Crippen molar-refractivity contribution in [1.29, 1.82) is 0 Å². The second kappa shape index (κ2) is 18.1. The zero-order valence-electron chi connectivity index (χ0n) is 31.1. The van der Waals surface area contributed by atoms with Crippen LogP contribution in [0.25, 0.3) is 11.1 Å². The maximum Gasteiger partial charge on any atom is 0.222 e. The normalized spacial score (nSPS) is 18.0. The molecule has 0 saturated heterocycles. The Labute approximate surface area is 308 Å². The molecular weight excluding hydrogens is 660 g/mol. The molecule has 0 aliphatic heterocycles. The van der Waals surface area contributed by atoms with Gasteiger partial charge in [-0.15, -0.1) is 0 Å². The number of aryl methyl sites for hydroxylation is 1. The number of likely N-dealkylation sites (N-methyl/N-ethyl adjacent to an activating group) is 1. The summed E-state index contributed by atoms with van der Waals surface area (Å²) in [5.74, 6) is 0.991. The minimum Gasteiger partial charge on any atom is -0.490 e. The highest BCUT2D eigenvalue weighted by atomic mass is 16.5. The molecule has 6 N–H and O–H groups in total. The monoisotopic (exact) mass is 718 g/mol. The molecular formula is C41H58N4O7. The van der Waals surface area contributed by atoms with Gasteiger partial charge in [0.25, 0.3) is 0 Å².